The van der Waals surface area contributed by atoms with Crippen LogP contribution in [0.15, 0.2) is 48.7 Å². The van der Waals surface area contributed by atoms with E-state index in [1.54, 1.807) is 30.5 Å². The number of benzene rings is 3. The molecule has 5 aliphatic rings. The standard InChI is InChI=1S/C52H61N5O20/c1-67-48-34-4-3-5-37(59)45(34)47(62)46-35(48)20-30-7-9-41-51(66,74-29-52(41,68-2)77-39(46)22-30)28-53-50(65)73-26-31-6-8-38(75-44-24-33(58)23-40(76-44)49(63)64)36(21-31)57-25-32(54-55-57)27-72-19-18-71-17-16-70-15-14-69-13-12-56-42(60)10-11-43(56)61/h6,8,10-11,20-22,25,33,40-41,44,58,62,66H,3-5,7,9,12-19,23-24,26-29H2,1-2H3,(H,53,65)(H,63,64). The van der Waals surface area contributed by atoms with Gasteiger partial charge in [-0.2, -0.15) is 0 Å². The molecule has 2 saturated heterocycles. The van der Waals surface area contributed by atoms with Crippen molar-refractivity contribution in [3.63, 3.8) is 0 Å². The summed E-state index contributed by atoms with van der Waals surface area (Å²) in [6.45, 7) is 1.13. The zero-order chi connectivity index (χ0) is 54.3. The molecule has 4 aliphatic heterocycles. The molecule has 2 fully saturated rings. The van der Waals surface area contributed by atoms with E-state index < -0.39 is 54.6 Å². The van der Waals surface area contributed by atoms with Crippen molar-refractivity contribution >= 4 is 40.4 Å². The number of carboxylic acids is 1. The van der Waals surface area contributed by atoms with Crippen molar-refractivity contribution in [3.8, 4) is 28.7 Å². The van der Waals surface area contributed by atoms with Gasteiger partial charge >= 0.3 is 12.1 Å². The number of carboxylic acid groups (broad SMARTS) is 1. The molecule has 6 atom stereocenters. The molecule has 414 valence electrons. The predicted octanol–water partition coefficient (Wildman–Crippen LogP) is 2.40. The minimum absolute atomic E-state index is 0.0144. The van der Waals surface area contributed by atoms with E-state index in [1.165, 1.54) is 31.1 Å². The maximum absolute atomic E-state index is 13.4. The number of imide groups is 1. The van der Waals surface area contributed by atoms with Crippen LogP contribution in [0.4, 0.5) is 4.79 Å². The molecular weight excluding hydrogens is 1010 g/mol. The van der Waals surface area contributed by atoms with Gasteiger partial charge in [-0.05, 0) is 61.1 Å². The number of amides is 3. The molecule has 0 saturated carbocycles. The molecule has 2 bridgehead atoms. The van der Waals surface area contributed by atoms with Crippen molar-refractivity contribution in [3.05, 3.63) is 76.6 Å². The van der Waals surface area contributed by atoms with Crippen LogP contribution < -0.4 is 19.5 Å². The predicted molar refractivity (Wildman–Crippen MR) is 262 cm³/mol. The first kappa shape index (κ1) is 55.0. The van der Waals surface area contributed by atoms with Gasteiger partial charge in [0.25, 0.3) is 11.8 Å². The number of alkyl carbamates (subject to hydrolysis) is 1. The number of rotatable bonds is 24. The Hall–Kier alpha value is -6.81. The fourth-order valence-electron chi connectivity index (χ4n) is 10.1. The largest absolute Gasteiger partial charge is 0.506 e. The number of ether oxygens (including phenoxy) is 11. The number of nitrogens with zero attached hydrogens (tertiary/aromatic N) is 4. The topological polar surface area (TPSA) is 314 Å². The van der Waals surface area contributed by atoms with Crippen LogP contribution in [-0.4, -0.2) is 180 Å². The van der Waals surface area contributed by atoms with E-state index in [4.69, 9.17) is 52.1 Å². The number of aromatic nitrogens is 3. The molecule has 9 rings (SSSR count). The molecule has 5 heterocycles. The van der Waals surface area contributed by atoms with Crippen molar-refractivity contribution < 1.29 is 96.5 Å². The Morgan fingerprint density at radius 3 is 2.38 bits per heavy atom. The number of aliphatic carboxylic acids is 1. The Bertz CT molecular complexity index is 2860. The number of aliphatic hydroxyl groups excluding tert-OH is 1. The second-order valence-electron chi connectivity index (χ2n) is 18.9. The van der Waals surface area contributed by atoms with Gasteiger partial charge in [-0.1, -0.05) is 11.3 Å². The normalized spacial score (nSPS) is 23.8. The lowest BCUT2D eigenvalue weighted by molar-refractivity contribution is -0.214. The highest BCUT2D eigenvalue weighted by molar-refractivity contribution is 6.13. The van der Waals surface area contributed by atoms with Crippen molar-refractivity contribution in [2.24, 2.45) is 5.92 Å². The van der Waals surface area contributed by atoms with Gasteiger partial charge < -0.3 is 77.8 Å². The summed E-state index contributed by atoms with van der Waals surface area (Å²) < 4.78 is 65.4. The van der Waals surface area contributed by atoms with Gasteiger partial charge in [0.1, 0.15) is 47.6 Å². The van der Waals surface area contributed by atoms with Gasteiger partial charge in [0.15, 0.2) is 17.7 Å². The van der Waals surface area contributed by atoms with Gasteiger partial charge in [-0.25, -0.2) is 14.3 Å². The second kappa shape index (κ2) is 24.2. The Morgan fingerprint density at radius 1 is 0.909 bits per heavy atom. The first-order valence-electron chi connectivity index (χ1n) is 25.2. The van der Waals surface area contributed by atoms with Gasteiger partial charge in [0.05, 0.1) is 102 Å². The lowest BCUT2D eigenvalue weighted by atomic mass is 9.83. The van der Waals surface area contributed by atoms with E-state index in [1.807, 2.05) is 6.07 Å². The van der Waals surface area contributed by atoms with E-state index in [0.29, 0.717) is 79.1 Å². The second-order valence-corrected chi connectivity index (χ2v) is 18.9. The summed E-state index contributed by atoms with van der Waals surface area (Å²) in [4.78, 5) is 62.5. The first-order valence-corrected chi connectivity index (χ1v) is 25.2. The van der Waals surface area contributed by atoms with Crippen LogP contribution in [0.5, 0.6) is 23.0 Å². The number of Topliss-reactive ketones (excluding diaryl/α,β-unsaturated/α-hetero) is 1. The number of nitrogens with one attached hydrogen (secondary N) is 1. The lowest BCUT2D eigenvalue weighted by Gasteiger charge is -2.39. The molecule has 1 aliphatic carbocycles. The van der Waals surface area contributed by atoms with Gasteiger partial charge in [0, 0.05) is 49.5 Å². The quantitative estimate of drug-likeness (QED) is 0.0497. The highest BCUT2D eigenvalue weighted by Gasteiger charge is 2.61. The molecule has 25 nitrogen and oxygen atoms in total. The van der Waals surface area contributed by atoms with Gasteiger partial charge in [-0.15, -0.1) is 5.10 Å². The maximum Gasteiger partial charge on any atom is 0.407 e. The third kappa shape index (κ3) is 12.3. The van der Waals surface area contributed by atoms with Gasteiger partial charge in [-0.3, -0.25) is 19.3 Å². The number of hydrogen-bond acceptors (Lipinski definition) is 21. The summed E-state index contributed by atoms with van der Waals surface area (Å²) in [6, 6.07) is 8.41. The maximum atomic E-state index is 13.4. The lowest BCUT2D eigenvalue weighted by Crippen LogP contribution is -2.54. The summed E-state index contributed by atoms with van der Waals surface area (Å²) >= 11 is 0. The molecule has 0 spiro atoms. The van der Waals surface area contributed by atoms with Crippen LogP contribution >= 0.6 is 0 Å². The molecule has 6 unspecified atom stereocenters. The number of aliphatic hydroxyl groups is 2. The van der Waals surface area contributed by atoms with Crippen LogP contribution in [-0.2, 0) is 78.3 Å². The summed E-state index contributed by atoms with van der Waals surface area (Å²) in [5.74, 6) is -5.97. The number of fused-ring (bicyclic) bond motifs is 6. The highest BCUT2D eigenvalue weighted by atomic mass is 16.7. The zero-order valence-corrected chi connectivity index (χ0v) is 42.5. The molecular formula is C52H61N5O20. The fourth-order valence-corrected chi connectivity index (χ4v) is 10.1. The number of hydrogen-bond donors (Lipinski definition) is 5. The molecule has 0 radical (unpaired) electrons. The molecule has 1 aromatic heterocycles. The summed E-state index contributed by atoms with van der Waals surface area (Å²) in [6.07, 6.45) is 1.74. The SMILES string of the molecule is COc1c2c(c(O)c3c4cc(cc13)CCC1C(O)(CNC(=O)OCc3ccc(OC5CC(O)CC(C(=O)O)O5)c(-n5cc(COCCOCCOCCOCCN6C(=O)C=CC6=O)nn5)c3)OCC1(OC)O4)C(=O)CCC2. The smallest absolute Gasteiger partial charge is 0.407 e. The summed E-state index contributed by atoms with van der Waals surface area (Å²) in [5.41, 5.74) is 2.85. The number of methoxy groups -OCH3 is 2. The molecule has 5 N–H and O–H groups in total. The van der Waals surface area contributed by atoms with Crippen LogP contribution in [0, 0.1) is 5.92 Å². The summed E-state index contributed by atoms with van der Waals surface area (Å²) in [5, 5.41) is 55.7. The number of phenolic OH excluding ortho intramolecular Hbond substituents is 1. The zero-order valence-electron chi connectivity index (χ0n) is 42.5. The Morgan fingerprint density at radius 2 is 1.65 bits per heavy atom. The Labute approximate surface area is 440 Å². The van der Waals surface area contributed by atoms with Crippen molar-refractivity contribution in [1.29, 1.82) is 0 Å². The monoisotopic (exact) mass is 1080 g/mol. The van der Waals surface area contributed by atoms with Gasteiger partial charge in [0.2, 0.25) is 12.1 Å². The van der Waals surface area contributed by atoms with Crippen molar-refractivity contribution in [1.82, 2.24) is 25.2 Å². The van der Waals surface area contributed by atoms with Crippen LogP contribution in [0.3, 0.4) is 0 Å². The van der Waals surface area contributed by atoms with Crippen LogP contribution in [0.2, 0.25) is 0 Å². The fraction of sp³-hybridized carbons (Fsp3) is 0.519. The number of ketones is 1. The van der Waals surface area contributed by atoms with E-state index in [2.05, 4.69) is 15.6 Å². The third-order valence-electron chi connectivity index (χ3n) is 13.9. The van der Waals surface area contributed by atoms with E-state index in [0.717, 1.165) is 10.5 Å². The number of carbonyl (C=O) groups excluding carboxylic acids is 4. The van der Waals surface area contributed by atoms with E-state index >= 15 is 0 Å². The Kier molecular flexibility index (Phi) is 17.3. The number of aryl methyl sites for hydroxylation is 1. The molecule has 3 aromatic carbocycles. The number of phenols is 1. The van der Waals surface area contributed by atoms with E-state index in [9.17, 15) is 44.4 Å². The Balaban J connectivity index is 0.790. The van der Waals surface area contributed by atoms with Crippen molar-refractivity contribution in [2.75, 3.05) is 80.2 Å². The summed E-state index contributed by atoms with van der Waals surface area (Å²) in [7, 11) is 2.93. The highest BCUT2D eigenvalue weighted by Crippen LogP contribution is 2.52. The molecule has 4 aromatic rings. The average molecular weight is 1080 g/mol. The first-order chi connectivity index (χ1) is 37.2. The molecule has 3 amide bonds. The minimum Gasteiger partial charge on any atom is -0.506 e. The minimum atomic E-state index is -2.01. The third-order valence-corrected chi connectivity index (χ3v) is 13.9. The van der Waals surface area contributed by atoms with E-state index in [-0.39, 0.29) is 118 Å². The number of carbonyl (C=O) groups is 5. The van der Waals surface area contributed by atoms with Crippen molar-refractivity contribution in [2.45, 2.75) is 88.2 Å². The average Bonchev–Trinajstić information content (AvgIpc) is 4.15. The van der Waals surface area contributed by atoms with Crippen LogP contribution in [0.25, 0.3) is 16.5 Å². The van der Waals surface area contributed by atoms with Crippen LogP contribution in [0.1, 0.15) is 64.8 Å². The molecule has 77 heavy (non-hydrogen) atoms. The molecule has 25 heteroatoms. The number of aromatic hydroxyl groups is 1.